The Morgan fingerprint density at radius 1 is 1.26 bits per heavy atom. The highest BCUT2D eigenvalue weighted by molar-refractivity contribution is 5.67. The Bertz CT molecular complexity index is 364. The van der Waals surface area contributed by atoms with Crippen LogP contribution in [0.4, 0.5) is 4.79 Å². The van der Waals surface area contributed by atoms with E-state index in [0.717, 1.165) is 25.2 Å². The Labute approximate surface area is 115 Å². The van der Waals surface area contributed by atoms with Crippen molar-refractivity contribution in [1.29, 1.82) is 0 Å². The van der Waals surface area contributed by atoms with Gasteiger partial charge in [-0.25, -0.2) is 4.79 Å². The van der Waals surface area contributed by atoms with Gasteiger partial charge in [0.2, 0.25) is 0 Å². The number of nitrogens with one attached hydrogen (secondary N) is 1. The molecule has 0 spiro atoms. The second kappa shape index (κ2) is 8.53. The molecule has 1 atom stereocenters. The first-order chi connectivity index (χ1) is 9.17. The Balaban J connectivity index is 2.28. The van der Waals surface area contributed by atoms with E-state index in [1.54, 1.807) is 0 Å². The quantitative estimate of drug-likeness (QED) is 0.823. The Hall–Kier alpha value is -1.55. The third-order valence-corrected chi connectivity index (χ3v) is 3.17. The van der Waals surface area contributed by atoms with Gasteiger partial charge in [0.1, 0.15) is 6.61 Å². The van der Waals surface area contributed by atoms with Gasteiger partial charge in [-0.2, -0.15) is 0 Å². The van der Waals surface area contributed by atoms with Gasteiger partial charge in [-0.15, -0.1) is 0 Å². The number of carbonyl (C=O) groups is 1. The van der Waals surface area contributed by atoms with E-state index in [4.69, 9.17) is 4.74 Å². The summed E-state index contributed by atoms with van der Waals surface area (Å²) in [6, 6.07) is 9.81. The first-order valence-electron chi connectivity index (χ1n) is 6.88. The standard InChI is InChI=1S/C15H24N2O2/c1-4-17(5-2)11-12-19-15(18)16-13(3)14-9-7-6-8-10-14/h6-10,13H,4-5,11-12H2,1-3H3,(H,16,18). The third-order valence-electron chi connectivity index (χ3n) is 3.17. The number of nitrogens with zero attached hydrogens (tertiary/aromatic N) is 1. The fraction of sp³-hybridized carbons (Fsp3) is 0.533. The van der Waals surface area contributed by atoms with Crippen LogP contribution in [0.5, 0.6) is 0 Å². The molecule has 1 amide bonds. The second-order valence-electron chi connectivity index (χ2n) is 4.44. The van der Waals surface area contributed by atoms with Gasteiger partial charge in [0, 0.05) is 6.54 Å². The van der Waals surface area contributed by atoms with Crippen molar-refractivity contribution in [2.24, 2.45) is 0 Å². The Kier molecular flexibility index (Phi) is 6.97. The summed E-state index contributed by atoms with van der Waals surface area (Å²) in [6.45, 7) is 9.29. The van der Waals surface area contributed by atoms with Crippen LogP contribution >= 0.6 is 0 Å². The lowest BCUT2D eigenvalue weighted by Crippen LogP contribution is -2.32. The lowest BCUT2D eigenvalue weighted by molar-refractivity contribution is 0.127. The van der Waals surface area contributed by atoms with Gasteiger partial charge >= 0.3 is 6.09 Å². The molecule has 0 fully saturated rings. The number of carbonyl (C=O) groups excluding carboxylic acids is 1. The number of alkyl carbamates (subject to hydrolysis) is 1. The second-order valence-corrected chi connectivity index (χ2v) is 4.44. The van der Waals surface area contributed by atoms with Crippen molar-refractivity contribution in [3.8, 4) is 0 Å². The molecule has 4 heteroatoms. The predicted octanol–water partition coefficient (Wildman–Crippen LogP) is 2.82. The van der Waals surface area contributed by atoms with E-state index in [-0.39, 0.29) is 12.1 Å². The maximum absolute atomic E-state index is 11.6. The van der Waals surface area contributed by atoms with Gasteiger partial charge in [-0.3, -0.25) is 0 Å². The molecule has 0 aliphatic heterocycles. The SMILES string of the molecule is CCN(CC)CCOC(=O)NC(C)c1ccccc1. The van der Waals surface area contributed by atoms with Crippen LogP contribution in [-0.4, -0.2) is 37.2 Å². The zero-order valence-electron chi connectivity index (χ0n) is 12.1. The van der Waals surface area contributed by atoms with Gasteiger partial charge < -0.3 is 15.0 Å². The van der Waals surface area contributed by atoms with E-state index >= 15 is 0 Å². The molecule has 0 saturated heterocycles. The van der Waals surface area contributed by atoms with Crippen molar-refractivity contribution in [3.63, 3.8) is 0 Å². The van der Waals surface area contributed by atoms with Crippen LogP contribution in [0.2, 0.25) is 0 Å². The molecule has 0 saturated carbocycles. The molecular weight excluding hydrogens is 240 g/mol. The van der Waals surface area contributed by atoms with Crippen LogP contribution in [0.15, 0.2) is 30.3 Å². The predicted molar refractivity (Wildman–Crippen MR) is 77.1 cm³/mol. The fourth-order valence-corrected chi connectivity index (χ4v) is 1.85. The lowest BCUT2D eigenvalue weighted by Gasteiger charge is -2.18. The number of amides is 1. The highest BCUT2D eigenvalue weighted by Crippen LogP contribution is 2.10. The maximum atomic E-state index is 11.6. The molecule has 0 heterocycles. The summed E-state index contributed by atoms with van der Waals surface area (Å²) in [7, 11) is 0. The monoisotopic (exact) mass is 264 g/mol. The Morgan fingerprint density at radius 3 is 2.47 bits per heavy atom. The first-order valence-corrected chi connectivity index (χ1v) is 6.88. The molecule has 4 nitrogen and oxygen atoms in total. The number of rotatable bonds is 7. The summed E-state index contributed by atoms with van der Waals surface area (Å²) in [5, 5.41) is 2.83. The van der Waals surface area contributed by atoms with Gasteiger partial charge in [0.15, 0.2) is 0 Å². The third kappa shape index (κ3) is 5.75. The normalized spacial score (nSPS) is 12.2. The molecule has 1 N–H and O–H groups in total. The van der Waals surface area contributed by atoms with Crippen LogP contribution in [0.1, 0.15) is 32.4 Å². The molecule has 1 rings (SSSR count). The van der Waals surface area contributed by atoms with Gasteiger partial charge in [0.05, 0.1) is 6.04 Å². The number of hydrogen-bond acceptors (Lipinski definition) is 3. The fourth-order valence-electron chi connectivity index (χ4n) is 1.85. The van der Waals surface area contributed by atoms with E-state index in [2.05, 4.69) is 24.1 Å². The molecule has 0 radical (unpaired) electrons. The summed E-state index contributed by atoms with van der Waals surface area (Å²) in [6.07, 6.45) is -0.358. The maximum Gasteiger partial charge on any atom is 0.407 e. The topological polar surface area (TPSA) is 41.6 Å². The lowest BCUT2D eigenvalue weighted by atomic mass is 10.1. The van der Waals surface area contributed by atoms with E-state index in [0.29, 0.717) is 6.61 Å². The van der Waals surface area contributed by atoms with Crippen LogP contribution in [-0.2, 0) is 4.74 Å². The average molecular weight is 264 g/mol. The van der Waals surface area contributed by atoms with Crippen molar-refractivity contribution in [3.05, 3.63) is 35.9 Å². The van der Waals surface area contributed by atoms with E-state index < -0.39 is 0 Å². The molecule has 1 aromatic carbocycles. The van der Waals surface area contributed by atoms with Crippen molar-refractivity contribution >= 4 is 6.09 Å². The minimum absolute atomic E-state index is 0.0397. The first kappa shape index (κ1) is 15.5. The molecule has 0 aliphatic rings. The zero-order valence-corrected chi connectivity index (χ0v) is 12.1. The van der Waals surface area contributed by atoms with Gasteiger partial charge in [0.25, 0.3) is 0 Å². The van der Waals surface area contributed by atoms with E-state index in [9.17, 15) is 4.79 Å². The van der Waals surface area contributed by atoms with Crippen LogP contribution in [0.3, 0.4) is 0 Å². The summed E-state index contributed by atoms with van der Waals surface area (Å²) in [4.78, 5) is 13.8. The molecule has 1 aromatic rings. The minimum atomic E-state index is -0.358. The number of ether oxygens (including phenoxy) is 1. The van der Waals surface area contributed by atoms with Crippen LogP contribution in [0, 0.1) is 0 Å². The van der Waals surface area contributed by atoms with Crippen molar-refractivity contribution in [2.75, 3.05) is 26.2 Å². The van der Waals surface area contributed by atoms with Crippen molar-refractivity contribution < 1.29 is 9.53 Å². The number of hydrogen-bond donors (Lipinski definition) is 1. The average Bonchev–Trinajstić information content (AvgIpc) is 2.44. The summed E-state index contributed by atoms with van der Waals surface area (Å²) < 4.78 is 5.18. The number of benzene rings is 1. The van der Waals surface area contributed by atoms with Gasteiger partial charge in [-0.1, -0.05) is 44.2 Å². The van der Waals surface area contributed by atoms with Crippen molar-refractivity contribution in [2.45, 2.75) is 26.8 Å². The minimum Gasteiger partial charge on any atom is -0.448 e. The molecule has 1 unspecified atom stereocenters. The van der Waals surface area contributed by atoms with Crippen molar-refractivity contribution in [1.82, 2.24) is 10.2 Å². The van der Waals surface area contributed by atoms with Crippen LogP contribution in [0.25, 0.3) is 0 Å². The van der Waals surface area contributed by atoms with Gasteiger partial charge in [-0.05, 0) is 25.6 Å². The molecule has 19 heavy (non-hydrogen) atoms. The molecule has 0 aromatic heterocycles. The highest BCUT2D eigenvalue weighted by Gasteiger charge is 2.10. The van der Waals surface area contributed by atoms with E-state index in [1.165, 1.54) is 0 Å². The summed E-state index contributed by atoms with van der Waals surface area (Å²) in [5.74, 6) is 0. The van der Waals surface area contributed by atoms with Crippen LogP contribution < -0.4 is 5.32 Å². The van der Waals surface area contributed by atoms with E-state index in [1.807, 2.05) is 37.3 Å². The zero-order chi connectivity index (χ0) is 14.1. The largest absolute Gasteiger partial charge is 0.448 e. The summed E-state index contributed by atoms with van der Waals surface area (Å²) >= 11 is 0. The highest BCUT2D eigenvalue weighted by atomic mass is 16.5. The summed E-state index contributed by atoms with van der Waals surface area (Å²) in [5.41, 5.74) is 1.07. The molecule has 0 bridgehead atoms. The molecule has 0 aliphatic carbocycles. The molecular formula is C15H24N2O2. The molecule has 106 valence electrons. The number of likely N-dealkylation sites (N-methyl/N-ethyl adjacent to an activating group) is 1. The smallest absolute Gasteiger partial charge is 0.407 e. The Morgan fingerprint density at radius 2 is 1.89 bits per heavy atom.